The van der Waals surface area contributed by atoms with E-state index in [-0.39, 0.29) is 18.9 Å². The number of ether oxygens (including phenoxy) is 1. The zero-order valence-corrected chi connectivity index (χ0v) is 17.7. The van der Waals surface area contributed by atoms with Crippen molar-refractivity contribution < 1.29 is 35.1 Å². The average Bonchev–Trinajstić information content (AvgIpc) is 2.69. The molecular formula is C22H40O7. The molecule has 0 saturated carbocycles. The summed E-state index contributed by atoms with van der Waals surface area (Å²) in [5.41, 5.74) is -1.53. The van der Waals surface area contributed by atoms with E-state index in [1.807, 2.05) is 6.08 Å². The molecule has 1 unspecified atom stereocenters. The Kier molecular flexibility index (Phi) is 12.7. The summed E-state index contributed by atoms with van der Waals surface area (Å²) in [6.45, 7) is 1.57. The molecule has 1 rings (SSSR count). The Labute approximate surface area is 174 Å². The van der Waals surface area contributed by atoms with Crippen LogP contribution in [0.1, 0.15) is 77.6 Å². The Bertz CT molecular complexity index is 482. The first-order valence-corrected chi connectivity index (χ1v) is 11.0. The van der Waals surface area contributed by atoms with Crippen LogP contribution in [0, 0.1) is 5.92 Å². The largest absolute Gasteiger partial charge is 0.481 e. The summed E-state index contributed by atoms with van der Waals surface area (Å²) in [5.74, 6) is -0.973. The fourth-order valence-corrected chi connectivity index (χ4v) is 3.91. The molecule has 7 heteroatoms. The number of rotatable bonds is 15. The van der Waals surface area contributed by atoms with Gasteiger partial charge in [0.15, 0.2) is 0 Å². The lowest BCUT2D eigenvalue weighted by atomic mass is 9.74. The fourth-order valence-electron chi connectivity index (χ4n) is 3.91. The van der Waals surface area contributed by atoms with E-state index in [1.165, 1.54) is 0 Å². The number of unbranched alkanes of at least 4 members (excludes halogenated alkanes) is 6. The van der Waals surface area contributed by atoms with Gasteiger partial charge in [0.2, 0.25) is 0 Å². The molecule has 0 aromatic carbocycles. The van der Waals surface area contributed by atoms with Crippen LogP contribution < -0.4 is 0 Å². The van der Waals surface area contributed by atoms with Gasteiger partial charge in [-0.3, -0.25) is 4.79 Å². The highest BCUT2D eigenvalue weighted by atomic mass is 16.5. The van der Waals surface area contributed by atoms with Crippen LogP contribution >= 0.6 is 0 Å². The number of hydrogen-bond acceptors (Lipinski definition) is 6. The molecule has 0 amide bonds. The van der Waals surface area contributed by atoms with Crippen molar-refractivity contribution >= 4 is 5.97 Å². The molecule has 5 N–H and O–H groups in total. The van der Waals surface area contributed by atoms with E-state index in [2.05, 4.69) is 13.0 Å². The predicted octanol–water partition coefficient (Wildman–Crippen LogP) is 2.40. The average molecular weight is 417 g/mol. The van der Waals surface area contributed by atoms with Crippen LogP contribution in [0.15, 0.2) is 12.2 Å². The van der Waals surface area contributed by atoms with Crippen molar-refractivity contribution in [3.8, 4) is 0 Å². The minimum absolute atomic E-state index is 0.102. The smallest absolute Gasteiger partial charge is 0.303 e. The van der Waals surface area contributed by atoms with Gasteiger partial charge in [0, 0.05) is 6.42 Å². The van der Waals surface area contributed by atoms with E-state index in [9.17, 15) is 25.2 Å². The quantitative estimate of drug-likeness (QED) is 0.205. The van der Waals surface area contributed by atoms with Crippen LogP contribution in [0.25, 0.3) is 0 Å². The van der Waals surface area contributed by atoms with Gasteiger partial charge >= 0.3 is 5.97 Å². The molecule has 1 aliphatic rings. The number of aliphatic carboxylic acids is 1. The number of carboxylic acid groups (broad SMARTS) is 1. The summed E-state index contributed by atoms with van der Waals surface area (Å²) in [6, 6.07) is 0. The number of allylic oxidation sites excluding steroid dienone is 2. The van der Waals surface area contributed by atoms with Crippen molar-refractivity contribution in [1.29, 1.82) is 0 Å². The van der Waals surface area contributed by atoms with Crippen LogP contribution in [0.5, 0.6) is 0 Å². The molecule has 1 fully saturated rings. The zero-order chi connectivity index (χ0) is 21.7. The van der Waals surface area contributed by atoms with Gasteiger partial charge in [-0.2, -0.15) is 0 Å². The third-order valence-corrected chi connectivity index (χ3v) is 5.89. The molecule has 0 aromatic heterocycles. The van der Waals surface area contributed by atoms with Crippen LogP contribution in [-0.4, -0.2) is 68.6 Å². The molecule has 7 nitrogen and oxygen atoms in total. The molecule has 1 saturated heterocycles. The highest BCUT2D eigenvalue weighted by molar-refractivity contribution is 5.66. The lowest BCUT2D eigenvalue weighted by Crippen LogP contribution is -2.64. The maximum Gasteiger partial charge on any atom is 0.303 e. The molecule has 170 valence electrons. The highest BCUT2D eigenvalue weighted by Crippen LogP contribution is 2.36. The molecule has 1 heterocycles. The summed E-state index contributed by atoms with van der Waals surface area (Å²) in [7, 11) is 0. The van der Waals surface area contributed by atoms with Crippen LogP contribution in [0.2, 0.25) is 0 Å². The maximum atomic E-state index is 11.1. The zero-order valence-electron chi connectivity index (χ0n) is 17.7. The number of hydrogen-bond donors (Lipinski definition) is 5. The van der Waals surface area contributed by atoms with E-state index in [0.717, 1.165) is 57.8 Å². The Morgan fingerprint density at radius 1 is 1.14 bits per heavy atom. The first-order valence-electron chi connectivity index (χ1n) is 11.0. The summed E-state index contributed by atoms with van der Waals surface area (Å²) in [4.78, 5) is 10.5. The normalized spacial score (nSPS) is 28.7. The second kappa shape index (κ2) is 14.1. The third kappa shape index (κ3) is 8.72. The highest BCUT2D eigenvalue weighted by Gasteiger charge is 2.51. The van der Waals surface area contributed by atoms with Gasteiger partial charge in [-0.15, -0.1) is 0 Å². The van der Waals surface area contributed by atoms with Crippen molar-refractivity contribution in [3.05, 3.63) is 12.2 Å². The molecule has 0 bridgehead atoms. The Balaban J connectivity index is 2.45. The van der Waals surface area contributed by atoms with E-state index in [1.54, 1.807) is 0 Å². The van der Waals surface area contributed by atoms with Crippen molar-refractivity contribution in [3.63, 3.8) is 0 Å². The topological polar surface area (TPSA) is 127 Å². The minimum atomic E-state index is -1.53. The second-order valence-electron chi connectivity index (χ2n) is 8.21. The molecule has 0 aromatic rings. The molecular weight excluding hydrogens is 376 g/mol. The Morgan fingerprint density at radius 3 is 2.48 bits per heavy atom. The van der Waals surface area contributed by atoms with Crippen molar-refractivity contribution in [2.75, 3.05) is 13.2 Å². The Hall–Kier alpha value is -0.990. The van der Waals surface area contributed by atoms with E-state index in [0.29, 0.717) is 6.42 Å². The van der Waals surface area contributed by atoms with Gasteiger partial charge in [0.1, 0.15) is 23.9 Å². The summed E-state index contributed by atoms with van der Waals surface area (Å²) >= 11 is 0. The predicted molar refractivity (Wildman–Crippen MR) is 111 cm³/mol. The first kappa shape index (κ1) is 26.0. The number of carboxylic acids is 1. The standard InChI is InChI=1S/C22H40O7/c1-2-3-12-17(22(28)16-29-18(15-23)20(26)21(22)27)13-10-8-6-4-5-7-9-11-14-19(24)25/h8,10,17-18,20-21,23,26-28H,2-7,9,11-16H2,1H3,(H,24,25)/t17?,18-,20-,21+,22+/m1/s1. The molecule has 0 radical (unpaired) electrons. The van der Waals surface area contributed by atoms with Gasteiger partial charge in [0.05, 0.1) is 13.2 Å². The number of aliphatic hydroxyl groups is 4. The molecule has 29 heavy (non-hydrogen) atoms. The van der Waals surface area contributed by atoms with Crippen molar-refractivity contribution in [2.45, 2.75) is 101 Å². The lowest BCUT2D eigenvalue weighted by molar-refractivity contribution is -0.257. The number of carbonyl (C=O) groups is 1. The minimum Gasteiger partial charge on any atom is -0.481 e. The van der Waals surface area contributed by atoms with Crippen LogP contribution in [0.4, 0.5) is 0 Å². The number of aliphatic hydroxyl groups excluding tert-OH is 3. The molecule has 1 aliphatic heterocycles. The fraction of sp³-hybridized carbons (Fsp3) is 0.864. The summed E-state index contributed by atoms with van der Waals surface area (Å²) in [5, 5.41) is 49.6. The van der Waals surface area contributed by atoms with Crippen LogP contribution in [-0.2, 0) is 9.53 Å². The van der Waals surface area contributed by atoms with Gasteiger partial charge in [-0.1, -0.05) is 51.2 Å². The third-order valence-electron chi connectivity index (χ3n) is 5.89. The van der Waals surface area contributed by atoms with E-state index >= 15 is 0 Å². The Morgan fingerprint density at radius 2 is 1.83 bits per heavy atom. The van der Waals surface area contributed by atoms with Gasteiger partial charge in [-0.05, 0) is 38.0 Å². The van der Waals surface area contributed by atoms with E-state index in [4.69, 9.17) is 9.84 Å². The van der Waals surface area contributed by atoms with E-state index < -0.39 is 36.5 Å². The second-order valence-corrected chi connectivity index (χ2v) is 8.21. The van der Waals surface area contributed by atoms with Gasteiger partial charge in [-0.25, -0.2) is 0 Å². The lowest BCUT2D eigenvalue weighted by Gasteiger charge is -2.47. The molecule has 0 spiro atoms. The van der Waals surface area contributed by atoms with Crippen LogP contribution in [0.3, 0.4) is 0 Å². The van der Waals surface area contributed by atoms with Gasteiger partial charge < -0.3 is 30.3 Å². The summed E-state index contributed by atoms with van der Waals surface area (Å²) in [6.07, 6.45) is 9.74. The first-order chi connectivity index (χ1) is 13.9. The molecule has 5 atom stereocenters. The van der Waals surface area contributed by atoms with Crippen molar-refractivity contribution in [1.82, 2.24) is 0 Å². The van der Waals surface area contributed by atoms with Crippen molar-refractivity contribution in [2.24, 2.45) is 5.92 Å². The monoisotopic (exact) mass is 416 g/mol. The van der Waals surface area contributed by atoms with Gasteiger partial charge in [0.25, 0.3) is 0 Å². The summed E-state index contributed by atoms with van der Waals surface area (Å²) < 4.78 is 5.42. The SMILES string of the molecule is CCCCC(CC=CCCCCCCCC(=O)O)[C@@]1(O)CO[C@H](CO)[C@@H](O)[C@@H]1O. The molecule has 0 aliphatic carbocycles. The maximum absolute atomic E-state index is 11.1.